The molecule has 6 nitrogen and oxygen atoms in total. The topological polar surface area (TPSA) is 92.2 Å². The highest BCUT2D eigenvalue weighted by molar-refractivity contribution is 6.32. The van der Waals surface area contributed by atoms with Crippen molar-refractivity contribution in [2.75, 3.05) is 0 Å². The van der Waals surface area contributed by atoms with Gasteiger partial charge in [-0.25, -0.2) is 18.4 Å². The van der Waals surface area contributed by atoms with Crippen molar-refractivity contribution in [3.8, 4) is 5.69 Å². The molecular formula is C11H5ClF2N2O4. The van der Waals surface area contributed by atoms with E-state index in [9.17, 15) is 23.2 Å². The minimum atomic E-state index is -1.61. The molecule has 2 rings (SSSR count). The summed E-state index contributed by atoms with van der Waals surface area (Å²) >= 11 is 5.63. The molecule has 0 aliphatic heterocycles. The number of aromatic amines is 1. The zero-order valence-electron chi connectivity index (χ0n) is 9.49. The summed E-state index contributed by atoms with van der Waals surface area (Å²) in [6.07, 6.45) is 0.617. The van der Waals surface area contributed by atoms with Crippen LogP contribution in [0.2, 0.25) is 5.02 Å². The van der Waals surface area contributed by atoms with Crippen LogP contribution in [0, 0.1) is 11.6 Å². The molecule has 0 saturated heterocycles. The predicted octanol–water partition coefficient (Wildman–Crippen LogP) is 1.16. The van der Waals surface area contributed by atoms with E-state index in [4.69, 9.17) is 16.7 Å². The maximum absolute atomic E-state index is 13.7. The van der Waals surface area contributed by atoms with Gasteiger partial charge in [-0.2, -0.15) is 0 Å². The van der Waals surface area contributed by atoms with Crippen molar-refractivity contribution in [2.45, 2.75) is 0 Å². The molecule has 1 aromatic heterocycles. The van der Waals surface area contributed by atoms with Crippen LogP contribution >= 0.6 is 11.6 Å². The van der Waals surface area contributed by atoms with E-state index in [1.165, 1.54) is 0 Å². The van der Waals surface area contributed by atoms with Crippen LogP contribution in [0.3, 0.4) is 0 Å². The molecule has 0 radical (unpaired) electrons. The van der Waals surface area contributed by atoms with E-state index in [1.807, 2.05) is 0 Å². The summed E-state index contributed by atoms with van der Waals surface area (Å²) in [6, 6.07) is 1.22. The third-order valence-corrected chi connectivity index (χ3v) is 2.68. The number of aromatic nitrogens is 2. The number of aromatic carboxylic acids is 1. The molecule has 0 fully saturated rings. The quantitative estimate of drug-likeness (QED) is 0.870. The van der Waals surface area contributed by atoms with Crippen molar-refractivity contribution < 1.29 is 18.7 Å². The lowest BCUT2D eigenvalue weighted by molar-refractivity contribution is 0.0694. The fourth-order valence-electron chi connectivity index (χ4n) is 1.55. The first kappa shape index (κ1) is 13.9. The molecule has 1 aromatic carbocycles. The van der Waals surface area contributed by atoms with Gasteiger partial charge in [0.05, 0.1) is 5.02 Å². The van der Waals surface area contributed by atoms with Crippen LogP contribution in [-0.4, -0.2) is 20.6 Å². The number of carboxylic acids is 1. The first-order chi connectivity index (χ1) is 9.31. The summed E-state index contributed by atoms with van der Waals surface area (Å²) in [5, 5.41) is 8.34. The smallest absolute Gasteiger partial charge is 0.342 e. The molecule has 2 aromatic rings. The Hall–Kier alpha value is -2.48. The van der Waals surface area contributed by atoms with E-state index in [0.717, 1.165) is 6.07 Å². The minimum absolute atomic E-state index is 0.451. The molecule has 1 heterocycles. The Bertz CT molecular complexity index is 805. The van der Waals surface area contributed by atoms with Gasteiger partial charge in [0.15, 0.2) is 5.82 Å². The van der Waals surface area contributed by atoms with Crippen molar-refractivity contribution in [3.05, 3.63) is 61.4 Å². The van der Waals surface area contributed by atoms with E-state index in [0.29, 0.717) is 16.8 Å². The number of benzene rings is 1. The SMILES string of the molecule is O=C(O)c1cn(-c2c(F)cc(F)cc2Cl)c(=O)[nH]c1=O. The van der Waals surface area contributed by atoms with E-state index in [-0.39, 0.29) is 0 Å². The van der Waals surface area contributed by atoms with Gasteiger partial charge in [0.1, 0.15) is 17.1 Å². The van der Waals surface area contributed by atoms with Crippen LogP contribution in [0.25, 0.3) is 5.69 Å². The molecule has 9 heteroatoms. The van der Waals surface area contributed by atoms with Gasteiger partial charge in [0.2, 0.25) is 0 Å². The Labute approximate surface area is 113 Å². The summed E-state index contributed by atoms with van der Waals surface area (Å²) in [4.78, 5) is 35.4. The molecule has 0 amide bonds. The second kappa shape index (κ2) is 4.89. The normalized spacial score (nSPS) is 10.6. The number of nitrogens with zero attached hydrogens (tertiary/aromatic N) is 1. The molecule has 0 aliphatic carbocycles. The zero-order chi connectivity index (χ0) is 15.0. The number of rotatable bonds is 2. The number of halogens is 3. The summed E-state index contributed by atoms with van der Waals surface area (Å²) < 4.78 is 27.1. The van der Waals surface area contributed by atoms with Gasteiger partial charge in [-0.1, -0.05) is 11.6 Å². The maximum Gasteiger partial charge on any atom is 0.342 e. The van der Waals surface area contributed by atoms with E-state index in [2.05, 4.69) is 0 Å². The number of nitrogens with one attached hydrogen (secondary N) is 1. The minimum Gasteiger partial charge on any atom is -0.477 e. The van der Waals surface area contributed by atoms with E-state index < -0.39 is 45.1 Å². The van der Waals surface area contributed by atoms with Gasteiger partial charge in [-0.3, -0.25) is 14.3 Å². The Balaban J connectivity index is 2.84. The molecule has 0 aliphatic rings. The van der Waals surface area contributed by atoms with Crippen LogP contribution < -0.4 is 11.2 Å². The summed E-state index contributed by atoms with van der Waals surface area (Å²) in [6.45, 7) is 0. The molecule has 104 valence electrons. The fourth-order valence-corrected chi connectivity index (χ4v) is 1.84. The van der Waals surface area contributed by atoms with Crippen molar-refractivity contribution in [1.82, 2.24) is 9.55 Å². The number of carbonyl (C=O) groups is 1. The lowest BCUT2D eigenvalue weighted by Gasteiger charge is -2.09. The lowest BCUT2D eigenvalue weighted by atomic mass is 10.2. The van der Waals surface area contributed by atoms with Crippen LogP contribution in [0.15, 0.2) is 27.9 Å². The van der Waals surface area contributed by atoms with Crippen molar-refractivity contribution in [2.24, 2.45) is 0 Å². The van der Waals surface area contributed by atoms with Gasteiger partial charge in [-0.05, 0) is 6.07 Å². The average molecular weight is 303 g/mol. The van der Waals surface area contributed by atoms with Crippen LogP contribution in [0.4, 0.5) is 8.78 Å². The molecule has 0 saturated carbocycles. The molecular weight excluding hydrogens is 298 g/mol. The summed E-state index contributed by atoms with van der Waals surface area (Å²) in [7, 11) is 0. The predicted molar refractivity (Wildman–Crippen MR) is 64.5 cm³/mol. The van der Waals surface area contributed by atoms with Crippen LogP contribution in [-0.2, 0) is 0 Å². The fraction of sp³-hybridized carbons (Fsp3) is 0. The van der Waals surface area contributed by atoms with E-state index >= 15 is 0 Å². The molecule has 0 spiro atoms. The first-order valence-electron chi connectivity index (χ1n) is 5.05. The molecule has 0 unspecified atom stereocenters. The maximum atomic E-state index is 13.7. The second-order valence-corrected chi connectivity index (χ2v) is 4.10. The number of carboxylic acid groups (broad SMARTS) is 1. The van der Waals surface area contributed by atoms with Gasteiger partial charge in [-0.15, -0.1) is 0 Å². The summed E-state index contributed by atoms with van der Waals surface area (Å²) in [5.41, 5.74) is -3.59. The second-order valence-electron chi connectivity index (χ2n) is 3.70. The Kier molecular flexibility index (Phi) is 3.41. The Morgan fingerprint density at radius 2 is 1.95 bits per heavy atom. The van der Waals surface area contributed by atoms with Crippen LogP contribution in [0.5, 0.6) is 0 Å². The largest absolute Gasteiger partial charge is 0.477 e. The van der Waals surface area contributed by atoms with Crippen molar-refractivity contribution >= 4 is 17.6 Å². The highest BCUT2D eigenvalue weighted by atomic mass is 35.5. The lowest BCUT2D eigenvalue weighted by Crippen LogP contribution is -2.33. The Morgan fingerprint density at radius 3 is 2.50 bits per heavy atom. The highest BCUT2D eigenvalue weighted by Crippen LogP contribution is 2.23. The molecule has 0 atom stereocenters. The Morgan fingerprint density at radius 1 is 1.30 bits per heavy atom. The molecule has 2 N–H and O–H groups in total. The standard InChI is InChI=1S/C11H5ClF2N2O4/c12-6-1-4(13)2-7(14)8(6)16-3-5(10(18)19)9(17)15-11(16)20/h1-3H,(H,18,19)(H,15,17,20). The average Bonchev–Trinajstić information content (AvgIpc) is 2.29. The number of H-pyrrole nitrogens is 1. The zero-order valence-corrected chi connectivity index (χ0v) is 10.2. The van der Waals surface area contributed by atoms with Gasteiger partial charge < -0.3 is 5.11 Å². The highest BCUT2D eigenvalue weighted by Gasteiger charge is 2.17. The number of hydrogen-bond donors (Lipinski definition) is 2. The monoisotopic (exact) mass is 302 g/mol. The first-order valence-corrected chi connectivity index (χ1v) is 5.43. The van der Waals surface area contributed by atoms with Crippen molar-refractivity contribution in [1.29, 1.82) is 0 Å². The third kappa shape index (κ3) is 2.32. The van der Waals surface area contributed by atoms with Gasteiger partial charge >= 0.3 is 11.7 Å². The van der Waals surface area contributed by atoms with Gasteiger partial charge in [0, 0.05) is 12.3 Å². The molecule has 0 bridgehead atoms. The third-order valence-electron chi connectivity index (χ3n) is 2.40. The summed E-state index contributed by atoms with van der Waals surface area (Å²) in [5.74, 6) is -3.76. The van der Waals surface area contributed by atoms with Crippen LogP contribution in [0.1, 0.15) is 10.4 Å². The van der Waals surface area contributed by atoms with E-state index in [1.54, 1.807) is 4.98 Å². The molecule has 20 heavy (non-hydrogen) atoms. The number of hydrogen-bond acceptors (Lipinski definition) is 3. The van der Waals surface area contributed by atoms with Gasteiger partial charge in [0.25, 0.3) is 5.56 Å². The van der Waals surface area contributed by atoms with Crippen molar-refractivity contribution in [3.63, 3.8) is 0 Å².